The Kier molecular flexibility index (Phi) is 3.61. The minimum absolute atomic E-state index is 0.0810. The minimum atomic E-state index is -0.465. The molecule has 0 saturated carbocycles. The van der Waals surface area contributed by atoms with E-state index >= 15 is 0 Å². The van der Waals surface area contributed by atoms with Crippen LogP contribution in [0, 0.1) is 5.92 Å². The lowest BCUT2D eigenvalue weighted by atomic mass is 9.95. The van der Waals surface area contributed by atoms with Gasteiger partial charge in [0.25, 0.3) is 0 Å². The Bertz CT molecular complexity index is 349. The lowest BCUT2D eigenvalue weighted by Gasteiger charge is -2.26. The molecule has 2 fully saturated rings. The summed E-state index contributed by atoms with van der Waals surface area (Å²) in [5, 5.41) is 3.23. The van der Waals surface area contributed by atoms with Crippen LogP contribution in [-0.2, 0) is 9.53 Å². The second-order valence-corrected chi connectivity index (χ2v) is 6.10. The number of fused-ring (bicyclic) bond motifs is 1. The van der Waals surface area contributed by atoms with Gasteiger partial charge in [-0.25, -0.2) is 4.79 Å². The standard InChI is InChI=1S/C13H22N2O3/c1-13(2,3)18-12(17)15-6-4-9-10(5-7-15)14-8-11(9)16/h9-10,14H,4-8H2,1-3H3. The van der Waals surface area contributed by atoms with E-state index in [1.807, 2.05) is 20.8 Å². The van der Waals surface area contributed by atoms with E-state index < -0.39 is 5.60 Å². The highest BCUT2D eigenvalue weighted by Crippen LogP contribution is 2.24. The molecule has 2 rings (SSSR count). The van der Waals surface area contributed by atoms with Crippen LogP contribution in [0.3, 0.4) is 0 Å². The van der Waals surface area contributed by atoms with E-state index in [0.717, 1.165) is 12.8 Å². The van der Waals surface area contributed by atoms with Gasteiger partial charge >= 0.3 is 6.09 Å². The van der Waals surface area contributed by atoms with Crippen molar-refractivity contribution < 1.29 is 14.3 Å². The van der Waals surface area contributed by atoms with Gasteiger partial charge in [-0.3, -0.25) is 4.79 Å². The summed E-state index contributed by atoms with van der Waals surface area (Å²) >= 11 is 0. The fraction of sp³-hybridized carbons (Fsp3) is 0.846. The van der Waals surface area contributed by atoms with Crippen molar-refractivity contribution in [3.05, 3.63) is 0 Å². The number of ether oxygens (including phenoxy) is 1. The highest BCUT2D eigenvalue weighted by atomic mass is 16.6. The molecule has 1 N–H and O–H groups in total. The van der Waals surface area contributed by atoms with Gasteiger partial charge in [-0.15, -0.1) is 0 Å². The van der Waals surface area contributed by atoms with Crippen LogP contribution in [0.15, 0.2) is 0 Å². The average molecular weight is 254 g/mol. The van der Waals surface area contributed by atoms with Crippen molar-refractivity contribution in [3.63, 3.8) is 0 Å². The van der Waals surface area contributed by atoms with Gasteiger partial charge in [0.05, 0.1) is 6.54 Å². The van der Waals surface area contributed by atoms with Crippen LogP contribution in [0.5, 0.6) is 0 Å². The zero-order chi connectivity index (χ0) is 13.3. The smallest absolute Gasteiger partial charge is 0.410 e. The van der Waals surface area contributed by atoms with Crippen molar-refractivity contribution in [2.24, 2.45) is 5.92 Å². The predicted molar refractivity (Wildman–Crippen MR) is 67.3 cm³/mol. The van der Waals surface area contributed by atoms with Gasteiger partial charge in [0.2, 0.25) is 0 Å². The molecule has 0 aromatic carbocycles. The number of carbonyl (C=O) groups excluding carboxylic acids is 2. The van der Waals surface area contributed by atoms with Crippen LogP contribution in [-0.4, -0.2) is 48.1 Å². The molecule has 0 aromatic rings. The first kappa shape index (κ1) is 13.3. The molecule has 0 aliphatic carbocycles. The van der Waals surface area contributed by atoms with E-state index in [9.17, 15) is 9.59 Å². The molecule has 2 aliphatic rings. The number of ketones is 1. The summed E-state index contributed by atoms with van der Waals surface area (Å²) in [6, 6.07) is 0.241. The van der Waals surface area contributed by atoms with Gasteiger partial charge in [0, 0.05) is 25.0 Å². The Morgan fingerprint density at radius 1 is 1.33 bits per heavy atom. The first-order valence-corrected chi connectivity index (χ1v) is 6.61. The third-order valence-corrected chi connectivity index (χ3v) is 3.51. The summed E-state index contributed by atoms with van der Waals surface area (Å²) in [5.41, 5.74) is -0.465. The molecule has 2 heterocycles. The third-order valence-electron chi connectivity index (χ3n) is 3.51. The Hall–Kier alpha value is -1.10. The van der Waals surface area contributed by atoms with Crippen molar-refractivity contribution in [2.75, 3.05) is 19.6 Å². The maximum atomic E-state index is 12.0. The van der Waals surface area contributed by atoms with E-state index in [1.54, 1.807) is 4.90 Å². The molecule has 5 nitrogen and oxygen atoms in total. The number of carbonyl (C=O) groups is 2. The van der Waals surface area contributed by atoms with Crippen molar-refractivity contribution >= 4 is 11.9 Å². The van der Waals surface area contributed by atoms with Crippen molar-refractivity contribution in [2.45, 2.75) is 45.3 Å². The number of hydrogen-bond acceptors (Lipinski definition) is 4. The van der Waals surface area contributed by atoms with Crippen molar-refractivity contribution in [1.82, 2.24) is 10.2 Å². The van der Waals surface area contributed by atoms with Gasteiger partial charge in [0.15, 0.2) is 5.78 Å². The summed E-state index contributed by atoms with van der Waals surface area (Å²) < 4.78 is 5.36. The van der Waals surface area contributed by atoms with Gasteiger partial charge in [-0.2, -0.15) is 0 Å². The first-order valence-electron chi connectivity index (χ1n) is 6.61. The SMILES string of the molecule is CC(C)(C)OC(=O)N1CCC2NCC(=O)C2CC1. The zero-order valence-electron chi connectivity index (χ0n) is 11.4. The van der Waals surface area contributed by atoms with Gasteiger partial charge in [-0.1, -0.05) is 0 Å². The summed E-state index contributed by atoms with van der Waals surface area (Å²) in [6.07, 6.45) is 1.31. The molecular weight excluding hydrogens is 232 g/mol. The van der Waals surface area contributed by atoms with Gasteiger partial charge < -0.3 is 15.0 Å². The van der Waals surface area contributed by atoms with E-state index in [2.05, 4.69) is 5.32 Å². The van der Waals surface area contributed by atoms with Gasteiger partial charge in [-0.05, 0) is 33.6 Å². The predicted octanol–water partition coefficient (Wildman–Crippen LogP) is 1.17. The average Bonchev–Trinajstić information content (AvgIpc) is 2.48. The van der Waals surface area contributed by atoms with E-state index in [1.165, 1.54) is 0 Å². The second kappa shape index (κ2) is 4.88. The lowest BCUT2D eigenvalue weighted by Crippen LogP contribution is -2.38. The van der Waals surface area contributed by atoms with Crippen LogP contribution >= 0.6 is 0 Å². The monoisotopic (exact) mass is 254 g/mol. The number of nitrogens with zero attached hydrogens (tertiary/aromatic N) is 1. The summed E-state index contributed by atoms with van der Waals surface area (Å²) in [6.45, 7) is 7.36. The molecule has 0 bridgehead atoms. The molecule has 0 aromatic heterocycles. The van der Waals surface area contributed by atoms with Crippen LogP contribution in [0.25, 0.3) is 0 Å². The molecular formula is C13H22N2O3. The zero-order valence-corrected chi connectivity index (χ0v) is 11.4. The second-order valence-electron chi connectivity index (χ2n) is 6.10. The quantitative estimate of drug-likeness (QED) is 0.705. The number of hydrogen-bond donors (Lipinski definition) is 1. The summed E-state index contributed by atoms with van der Waals surface area (Å²) in [7, 11) is 0. The molecule has 5 heteroatoms. The number of likely N-dealkylation sites (tertiary alicyclic amines) is 1. The number of nitrogens with one attached hydrogen (secondary N) is 1. The van der Waals surface area contributed by atoms with Crippen LogP contribution in [0.4, 0.5) is 4.79 Å². The largest absolute Gasteiger partial charge is 0.444 e. The molecule has 0 radical (unpaired) electrons. The molecule has 2 saturated heterocycles. The van der Waals surface area contributed by atoms with Gasteiger partial charge in [0.1, 0.15) is 5.60 Å². The van der Waals surface area contributed by atoms with E-state index in [4.69, 9.17) is 4.74 Å². The number of Topliss-reactive ketones (excluding diaryl/α,β-unsaturated/α-hetero) is 1. The molecule has 2 atom stereocenters. The van der Waals surface area contributed by atoms with Crippen molar-refractivity contribution in [1.29, 1.82) is 0 Å². The lowest BCUT2D eigenvalue weighted by molar-refractivity contribution is -0.119. The third kappa shape index (κ3) is 3.02. The first-order chi connectivity index (χ1) is 8.37. The highest BCUT2D eigenvalue weighted by Gasteiger charge is 2.37. The van der Waals surface area contributed by atoms with Crippen LogP contribution in [0.2, 0.25) is 0 Å². The Labute approximate surface area is 108 Å². The Morgan fingerprint density at radius 3 is 2.67 bits per heavy atom. The molecule has 102 valence electrons. The maximum absolute atomic E-state index is 12.0. The fourth-order valence-corrected chi connectivity index (χ4v) is 2.61. The summed E-state index contributed by atoms with van der Waals surface area (Å²) in [4.78, 5) is 25.4. The molecule has 0 spiro atoms. The highest BCUT2D eigenvalue weighted by molar-refractivity contribution is 5.86. The topological polar surface area (TPSA) is 58.6 Å². The van der Waals surface area contributed by atoms with Crippen LogP contribution < -0.4 is 5.32 Å². The Morgan fingerprint density at radius 2 is 2.00 bits per heavy atom. The van der Waals surface area contributed by atoms with Crippen molar-refractivity contribution in [3.8, 4) is 0 Å². The van der Waals surface area contributed by atoms with Crippen LogP contribution in [0.1, 0.15) is 33.6 Å². The maximum Gasteiger partial charge on any atom is 0.410 e. The summed E-state index contributed by atoms with van der Waals surface area (Å²) in [5.74, 6) is 0.364. The minimum Gasteiger partial charge on any atom is -0.444 e. The Balaban J connectivity index is 1.94. The number of amides is 1. The number of rotatable bonds is 0. The van der Waals surface area contributed by atoms with E-state index in [0.29, 0.717) is 19.6 Å². The fourth-order valence-electron chi connectivity index (χ4n) is 2.61. The molecule has 1 amide bonds. The molecule has 2 aliphatic heterocycles. The normalized spacial score (nSPS) is 28.8. The molecule has 2 unspecified atom stereocenters. The molecule has 18 heavy (non-hydrogen) atoms. The van der Waals surface area contributed by atoms with E-state index in [-0.39, 0.29) is 23.8 Å².